The highest BCUT2D eigenvalue weighted by Gasteiger charge is 2.18. The normalized spacial score (nSPS) is 13.0. The van der Waals surface area contributed by atoms with Gasteiger partial charge >= 0.3 is 5.97 Å². The summed E-state index contributed by atoms with van der Waals surface area (Å²) >= 11 is 0. The lowest BCUT2D eigenvalue weighted by Gasteiger charge is -2.19. The number of hydrogen-bond donors (Lipinski definition) is 1. The average molecular weight is 192 g/mol. The van der Waals surface area contributed by atoms with Crippen molar-refractivity contribution < 1.29 is 24.1 Å². The molecular weight excluding hydrogens is 176 g/mol. The Balaban J connectivity index is 3.71. The number of ether oxygens (including phenoxy) is 3. The first-order valence-electron chi connectivity index (χ1n) is 3.96. The molecule has 0 aromatic carbocycles. The van der Waals surface area contributed by atoms with E-state index >= 15 is 0 Å². The Morgan fingerprint density at radius 1 is 1.31 bits per heavy atom. The van der Waals surface area contributed by atoms with E-state index in [0.717, 1.165) is 0 Å². The Labute approximate surface area is 77.6 Å². The number of rotatable bonds is 6. The molecule has 5 nitrogen and oxygen atoms in total. The predicted molar refractivity (Wildman–Crippen MR) is 45.1 cm³/mol. The fraction of sp³-hybridized carbons (Fsp3) is 0.875. The Bertz CT molecular complexity index is 143. The SMILES string of the molecule is COC(=O)CCC(O)C(OC)OC. The second kappa shape index (κ2) is 6.82. The third-order valence-corrected chi connectivity index (χ3v) is 1.65. The van der Waals surface area contributed by atoms with E-state index in [4.69, 9.17) is 9.47 Å². The van der Waals surface area contributed by atoms with Crippen LogP contribution in [0.2, 0.25) is 0 Å². The van der Waals surface area contributed by atoms with Crippen LogP contribution in [0.3, 0.4) is 0 Å². The van der Waals surface area contributed by atoms with Crippen LogP contribution in [-0.2, 0) is 19.0 Å². The summed E-state index contributed by atoms with van der Waals surface area (Å²) in [4.78, 5) is 10.7. The zero-order valence-electron chi connectivity index (χ0n) is 8.15. The van der Waals surface area contributed by atoms with E-state index in [1.165, 1.54) is 21.3 Å². The Kier molecular flexibility index (Phi) is 6.48. The highest BCUT2D eigenvalue weighted by atomic mass is 16.7. The number of methoxy groups -OCH3 is 3. The van der Waals surface area contributed by atoms with Crippen LogP contribution in [0.15, 0.2) is 0 Å². The third-order valence-electron chi connectivity index (χ3n) is 1.65. The molecule has 0 saturated carbocycles. The minimum atomic E-state index is -0.811. The van der Waals surface area contributed by atoms with E-state index in [2.05, 4.69) is 4.74 Å². The fourth-order valence-corrected chi connectivity index (χ4v) is 0.914. The van der Waals surface area contributed by atoms with Gasteiger partial charge in [0.2, 0.25) is 0 Å². The van der Waals surface area contributed by atoms with Gasteiger partial charge in [-0.1, -0.05) is 0 Å². The number of carbonyl (C=O) groups is 1. The van der Waals surface area contributed by atoms with Gasteiger partial charge in [-0.05, 0) is 6.42 Å². The molecule has 0 aromatic rings. The molecule has 0 radical (unpaired) electrons. The van der Waals surface area contributed by atoms with Crippen LogP contribution in [-0.4, -0.2) is 44.8 Å². The smallest absolute Gasteiger partial charge is 0.305 e. The van der Waals surface area contributed by atoms with Crippen molar-refractivity contribution in [2.75, 3.05) is 21.3 Å². The van der Waals surface area contributed by atoms with Crippen molar-refractivity contribution in [3.63, 3.8) is 0 Å². The van der Waals surface area contributed by atoms with E-state index in [1.807, 2.05) is 0 Å². The van der Waals surface area contributed by atoms with Crippen molar-refractivity contribution in [1.82, 2.24) is 0 Å². The molecule has 5 heteroatoms. The summed E-state index contributed by atoms with van der Waals surface area (Å²) in [7, 11) is 4.16. The molecule has 0 fully saturated rings. The summed E-state index contributed by atoms with van der Waals surface area (Å²) in [6.07, 6.45) is -1.08. The Morgan fingerprint density at radius 2 is 1.85 bits per heavy atom. The lowest BCUT2D eigenvalue weighted by Crippen LogP contribution is -2.30. The maximum Gasteiger partial charge on any atom is 0.305 e. The third kappa shape index (κ3) is 4.82. The summed E-state index contributed by atoms with van der Waals surface area (Å²) < 4.78 is 14.0. The average Bonchev–Trinajstić information content (AvgIpc) is 2.16. The van der Waals surface area contributed by atoms with Gasteiger partial charge in [0.25, 0.3) is 0 Å². The predicted octanol–water partition coefficient (Wildman–Crippen LogP) is -0.0806. The highest BCUT2D eigenvalue weighted by molar-refractivity contribution is 5.69. The number of aliphatic hydroxyl groups excluding tert-OH is 1. The van der Waals surface area contributed by atoms with Crippen LogP contribution in [0.5, 0.6) is 0 Å². The van der Waals surface area contributed by atoms with E-state index in [-0.39, 0.29) is 18.8 Å². The molecule has 0 aromatic heterocycles. The number of hydrogen-bond acceptors (Lipinski definition) is 5. The quantitative estimate of drug-likeness (QED) is 0.471. The van der Waals surface area contributed by atoms with E-state index in [0.29, 0.717) is 0 Å². The van der Waals surface area contributed by atoms with Crippen molar-refractivity contribution in [2.24, 2.45) is 0 Å². The van der Waals surface area contributed by atoms with E-state index in [9.17, 15) is 9.90 Å². The molecule has 0 heterocycles. The van der Waals surface area contributed by atoms with Crippen molar-refractivity contribution in [1.29, 1.82) is 0 Å². The van der Waals surface area contributed by atoms with Crippen LogP contribution >= 0.6 is 0 Å². The fourth-order valence-electron chi connectivity index (χ4n) is 0.914. The molecular formula is C8H16O5. The van der Waals surface area contributed by atoms with Crippen LogP contribution in [0, 0.1) is 0 Å². The van der Waals surface area contributed by atoms with E-state index in [1.54, 1.807) is 0 Å². The van der Waals surface area contributed by atoms with Gasteiger partial charge in [0.1, 0.15) is 6.10 Å². The van der Waals surface area contributed by atoms with Gasteiger partial charge in [0.05, 0.1) is 7.11 Å². The maximum absolute atomic E-state index is 10.7. The number of carbonyl (C=O) groups excluding carboxylic acids is 1. The standard InChI is InChI=1S/C8H16O5/c1-11-7(10)5-4-6(9)8(12-2)13-3/h6,8-9H,4-5H2,1-3H3. The van der Waals surface area contributed by atoms with Gasteiger partial charge in [0, 0.05) is 20.6 Å². The van der Waals surface area contributed by atoms with Gasteiger partial charge in [-0.15, -0.1) is 0 Å². The molecule has 0 aliphatic rings. The molecule has 0 bridgehead atoms. The molecule has 13 heavy (non-hydrogen) atoms. The molecule has 0 amide bonds. The van der Waals surface area contributed by atoms with Crippen molar-refractivity contribution in [3.8, 4) is 0 Å². The van der Waals surface area contributed by atoms with Crippen molar-refractivity contribution >= 4 is 5.97 Å². The lowest BCUT2D eigenvalue weighted by atomic mass is 10.2. The zero-order chi connectivity index (χ0) is 10.3. The minimum absolute atomic E-state index is 0.154. The second-order valence-corrected chi connectivity index (χ2v) is 2.52. The Hall–Kier alpha value is -0.650. The van der Waals surface area contributed by atoms with Crippen LogP contribution < -0.4 is 0 Å². The molecule has 0 aliphatic carbocycles. The van der Waals surface area contributed by atoms with Gasteiger partial charge in [0.15, 0.2) is 6.29 Å². The first-order valence-corrected chi connectivity index (χ1v) is 3.96. The Morgan fingerprint density at radius 3 is 2.23 bits per heavy atom. The molecule has 0 spiro atoms. The topological polar surface area (TPSA) is 65.0 Å². The summed E-state index contributed by atoms with van der Waals surface area (Å²) in [5.41, 5.74) is 0. The van der Waals surface area contributed by atoms with E-state index < -0.39 is 12.4 Å². The van der Waals surface area contributed by atoms with Gasteiger partial charge < -0.3 is 19.3 Å². The van der Waals surface area contributed by atoms with Gasteiger partial charge in [-0.2, -0.15) is 0 Å². The molecule has 1 unspecified atom stereocenters. The summed E-state index contributed by atoms with van der Waals surface area (Å²) in [6.45, 7) is 0. The monoisotopic (exact) mass is 192 g/mol. The molecule has 0 rings (SSSR count). The van der Waals surface area contributed by atoms with Gasteiger partial charge in [-0.3, -0.25) is 4.79 Å². The van der Waals surface area contributed by atoms with Crippen molar-refractivity contribution in [2.45, 2.75) is 25.2 Å². The minimum Gasteiger partial charge on any atom is -0.469 e. The van der Waals surface area contributed by atoms with Crippen molar-refractivity contribution in [3.05, 3.63) is 0 Å². The molecule has 1 atom stereocenters. The first kappa shape index (κ1) is 12.3. The molecule has 1 N–H and O–H groups in total. The van der Waals surface area contributed by atoms with Crippen LogP contribution in [0.1, 0.15) is 12.8 Å². The van der Waals surface area contributed by atoms with Crippen LogP contribution in [0.25, 0.3) is 0 Å². The second-order valence-electron chi connectivity index (χ2n) is 2.52. The van der Waals surface area contributed by atoms with Gasteiger partial charge in [-0.25, -0.2) is 0 Å². The highest BCUT2D eigenvalue weighted by Crippen LogP contribution is 2.06. The summed E-state index contributed by atoms with van der Waals surface area (Å²) in [5, 5.41) is 9.40. The molecule has 78 valence electrons. The number of aliphatic hydroxyl groups is 1. The molecule has 0 saturated heterocycles. The first-order chi connectivity index (χ1) is 6.15. The molecule has 0 aliphatic heterocycles. The summed E-state index contributed by atoms with van der Waals surface area (Å²) in [6, 6.07) is 0. The lowest BCUT2D eigenvalue weighted by molar-refractivity contribution is -0.168. The largest absolute Gasteiger partial charge is 0.469 e. The number of esters is 1. The summed E-state index contributed by atoms with van der Waals surface area (Å²) in [5.74, 6) is -0.356. The van der Waals surface area contributed by atoms with Crippen LogP contribution in [0.4, 0.5) is 0 Å². The zero-order valence-corrected chi connectivity index (χ0v) is 8.15. The maximum atomic E-state index is 10.7.